The quantitative estimate of drug-likeness (QED) is 0.516. The average Bonchev–Trinajstić information content (AvgIpc) is 3.16. The van der Waals surface area contributed by atoms with Crippen LogP contribution in [0, 0.1) is 0 Å². The number of halogens is 1. The zero-order valence-electron chi connectivity index (χ0n) is 16.8. The van der Waals surface area contributed by atoms with Gasteiger partial charge in [0.25, 0.3) is 0 Å². The summed E-state index contributed by atoms with van der Waals surface area (Å²) >= 11 is 7.21. The van der Waals surface area contributed by atoms with Crippen molar-refractivity contribution in [2.45, 2.75) is 4.90 Å². The maximum absolute atomic E-state index is 12.9. The van der Waals surface area contributed by atoms with Crippen molar-refractivity contribution in [3.8, 4) is 5.75 Å². The molecule has 1 heterocycles. The van der Waals surface area contributed by atoms with E-state index < -0.39 is 28.4 Å². The maximum Gasteiger partial charge on any atom is 0.348 e. The fourth-order valence-electron chi connectivity index (χ4n) is 2.83. The molecule has 0 aliphatic rings. The summed E-state index contributed by atoms with van der Waals surface area (Å²) in [6, 6.07) is 11.0. The van der Waals surface area contributed by atoms with E-state index in [0.717, 1.165) is 14.4 Å². The first-order chi connectivity index (χ1) is 14.6. The van der Waals surface area contributed by atoms with Crippen molar-refractivity contribution >= 4 is 60.6 Å². The van der Waals surface area contributed by atoms with Crippen molar-refractivity contribution in [3.63, 3.8) is 0 Å². The molecule has 0 radical (unpaired) electrons. The van der Waals surface area contributed by atoms with Crippen LogP contribution >= 0.6 is 22.9 Å². The van der Waals surface area contributed by atoms with E-state index >= 15 is 0 Å². The summed E-state index contributed by atoms with van der Waals surface area (Å²) in [7, 11) is -0.0746. The SMILES string of the molecule is COC(=O)c1cc2cc(NC(=O)CN(C)S(=O)(=O)c3cc(Cl)ccc3OC)ccc2s1. The highest BCUT2D eigenvalue weighted by atomic mass is 35.5. The molecule has 2 aromatic carbocycles. The summed E-state index contributed by atoms with van der Waals surface area (Å²) in [5, 5.41) is 3.65. The van der Waals surface area contributed by atoms with E-state index in [1.807, 2.05) is 0 Å². The van der Waals surface area contributed by atoms with Gasteiger partial charge in [0.05, 0.1) is 20.8 Å². The van der Waals surface area contributed by atoms with Crippen LogP contribution in [0.25, 0.3) is 10.1 Å². The molecular weight excluding hydrogens is 464 g/mol. The summed E-state index contributed by atoms with van der Waals surface area (Å²) in [6.45, 7) is -0.424. The number of hydrogen-bond donors (Lipinski definition) is 1. The summed E-state index contributed by atoms with van der Waals surface area (Å²) in [6.07, 6.45) is 0. The highest BCUT2D eigenvalue weighted by molar-refractivity contribution is 7.89. The number of hydrogen-bond acceptors (Lipinski definition) is 7. The van der Waals surface area contributed by atoms with Crippen LogP contribution in [-0.2, 0) is 19.6 Å². The van der Waals surface area contributed by atoms with Gasteiger partial charge in [0.15, 0.2) is 0 Å². The van der Waals surface area contributed by atoms with Crippen LogP contribution in [0.4, 0.5) is 5.69 Å². The Labute approximate surface area is 188 Å². The highest BCUT2D eigenvalue weighted by Crippen LogP contribution is 2.30. The van der Waals surface area contributed by atoms with Crippen LogP contribution in [-0.4, -0.2) is 52.4 Å². The van der Waals surface area contributed by atoms with Gasteiger partial charge in [0, 0.05) is 22.5 Å². The number of fused-ring (bicyclic) bond motifs is 1. The fourth-order valence-corrected chi connectivity index (χ4v) is 5.33. The average molecular weight is 483 g/mol. The second-order valence-electron chi connectivity index (χ2n) is 6.46. The van der Waals surface area contributed by atoms with Gasteiger partial charge in [0.2, 0.25) is 15.9 Å². The van der Waals surface area contributed by atoms with Crippen LogP contribution in [0.15, 0.2) is 47.4 Å². The van der Waals surface area contributed by atoms with Gasteiger partial charge in [-0.05, 0) is 47.9 Å². The zero-order chi connectivity index (χ0) is 22.8. The first-order valence-electron chi connectivity index (χ1n) is 8.87. The monoisotopic (exact) mass is 482 g/mol. The Kier molecular flexibility index (Phi) is 6.85. The smallest absolute Gasteiger partial charge is 0.348 e. The molecule has 1 aromatic heterocycles. The third-order valence-corrected chi connectivity index (χ3v) is 7.52. The van der Waals surface area contributed by atoms with Gasteiger partial charge >= 0.3 is 5.97 Å². The minimum atomic E-state index is -4.02. The van der Waals surface area contributed by atoms with Gasteiger partial charge in [-0.3, -0.25) is 4.79 Å². The number of nitrogens with zero attached hydrogens (tertiary/aromatic N) is 1. The molecule has 0 unspecified atom stereocenters. The molecule has 0 aliphatic heterocycles. The predicted octanol–water partition coefficient (Wildman–Crippen LogP) is 3.61. The van der Waals surface area contributed by atoms with Crippen LogP contribution in [0.2, 0.25) is 5.02 Å². The zero-order valence-corrected chi connectivity index (χ0v) is 19.2. The van der Waals surface area contributed by atoms with Crippen molar-refractivity contribution in [2.24, 2.45) is 0 Å². The van der Waals surface area contributed by atoms with Crippen molar-refractivity contribution in [3.05, 3.63) is 52.4 Å². The number of likely N-dealkylation sites (N-methyl/N-ethyl adjacent to an activating group) is 1. The Morgan fingerprint density at radius 1 is 1.13 bits per heavy atom. The minimum absolute atomic E-state index is 0.126. The van der Waals surface area contributed by atoms with E-state index in [9.17, 15) is 18.0 Å². The van der Waals surface area contributed by atoms with E-state index in [4.69, 9.17) is 21.1 Å². The molecule has 0 saturated heterocycles. The van der Waals surface area contributed by atoms with E-state index in [2.05, 4.69) is 5.32 Å². The lowest BCUT2D eigenvalue weighted by molar-refractivity contribution is -0.116. The van der Waals surface area contributed by atoms with Crippen molar-refractivity contribution in [1.82, 2.24) is 4.31 Å². The standard InChI is InChI=1S/C20H19ClN2O6S2/c1-23(31(26,27)18-10-13(21)4-6-15(18)28-2)11-19(24)22-14-5-7-16-12(8-14)9-17(30-16)20(25)29-3/h4-10H,11H2,1-3H3,(H,22,24). The number of rotatable bonds is 7. The molecule has 3 aromatic rings. The number of thiophene rings is 1. The lowest BCUT2D eigenvalue weighted by Crippen LogP contribution is -2.35. The molecule has 0 bridgehead atoms. The highest BCUT2D eigenvalue weighted by Gasteiger charge is 2.27. The second kappa shape index (κ2) is 9.23. The molecule has 0 aliphatic carbocycles. The number of benzene rings is 2. The number of sulfonamides is 1. The number of carbonyl (C=O) groups excluding carboxylic acids is 2. The summed E-state index contributed by atoms with van der Waals surface area (Å²) in [5.74, 6) is -0.842. The largest absolute Gasteiger partial charge is 0.495 e. The van der Waals surface area contributed by atoms with Gasteiger partial charge in [-0.2, -0.15) is 4.31 Å². The predicted molar refractivity (Wildman–Crippen MR) is 120 cm³/mol. The third-order valence-electron chi connectivity index (χ3n) is 4.37. The lowest BCUT2D eigenvalue weighted by atomic mass is 10.2. The molecule has 31 heavy (non-hydrogen) atoms. The third kappa shape index (κ3) is 4.99. The van der Waals surface area contributed by atoms with Gasteiger partial charge in [0.1, 0.15) is 15.5 Å². The molecule has 0 spiro atoms. The molecule has 3 rings (SSSR count). The first kappa shape index (κ1) is 23.0. The summed E-state index contributed by atoms with van der Waals surface area (Å²) < 4.78 is 37.4. The number of ether oxygens (including phenoxy) is 2. The minimum Gasteiger partial charge on any atom is -0.495 e. The molecule has 1 amide bonds. The molecule has 164 valence electrons. The van der Waals surface area contributed by atoms with Crippen LogP contribution in [0.3, 0.4) is 0 Å². The van der Waals surface area contributed by atoms with Gasteiger partial charge in [-0.25, -0.2) is 13.2 Å². The van der Waals surface area contributed by atoms with Crippen molar-refractivity contribution in [2.75, 3.05) is 33.1 Å². The van der Waals surface area contributed by atoms with E-state index in [1.54, 1.807) is 24.3 Å². The van der Waals surface area contributed by atoms with Crippen molar-refractivity contribution in [1.29, 1.82) is 0 Å². The van der Waals surface area contributed by atoms with Gasteiger partial charge in [-0.15, -0.1) is 11.3 Å². The summed E-state index contributed by atoms with van der Waals surface area (Å²) in [5.41, 5.74) is 0.470. The van der Waals surface area contributed by atoms with Crippen molar-refractivity contribution < 1.29 is 27.5 Å². The number of carbonyl (C=O) groups is 2. The molecule has 0 fully saturated rings. The molecular formula is C20H19ClN2O6S2. The maximum atomic E-state index is 12.9. The molecule has 8 nitrogen and oxygen atoms in total. The van der Waals surface area contributed by atoms with Gasteiger partial charge in [-0.1, -0.05) is 11.6 Å². The van der Waals surface area contributed by atoms with E-state index in [1.165, 1.54) is 50.8 Å². The van der Waals surface area contributed by atoms with Crippen LogP contribution in [0.1, 0.15) is 9.67 Å². The Morgan fingerprint density at radius 3 is 2.55 bits per heavy atom. The first-order valence-corrected chi connectivity index (χ1v) is 11.5. The Balaban J connectivity index is 1.75. The summed E-state index contributed by atoms with van der Waals surface area (Å²) in [4.78, 5) is 24.5. The molecule has 0 saturated carbocycles. The van der Waals surface area contributed by atoms with E-state index in [-0.39, 0.29) is 15.7 Å². The van der Waals surface area contributed by atoms with E-state index in [0.29, 0.717) is 10.6 Å². The van der Waals surface area contributed by atoms with Crippen LogP contribution < -0.4 is 10.1 Å². The lowest BCUT2D eigenvalue weighted by Gasteiger charge is -2.18. The van der Waals surface area contributed by atoms with Crippen LogP contribution in [0.5, 0.6) is 5.75 Å². The Hall–Kier alpha value is -2.66. The van der Waals surface area contributed by atoms with Gasteiger partial charge < -0.3 is 14.8 Å². The molecule has 0 atom stereocenters. The Morgan fingerprint density at radius 2 is 1.87 bits per heavy atom. The number of amides is 1. The normalized spacial score (nSPS) is 11.5. The number of esters is 1. The fraction of sp³-hybridized carbons (Fsp3) is 0.200. The topological polar surface area (TPSA) is 102 Å². The molecule has 1 N–H and O–H groups in total. The Bertz CT molecular complexity index is 1260. The number of methoxy groups -OCH3 is 2. The second-order valence-corrected chi connectivity index (χ2v) is 9.99. The number of anilines is 1. The number of nitrogens with one attached hydrogen (secondary N) is 1. The molecule has 11 heteroatoms.